The van der Waals surface area contributed by atoms with E-state index in [1.54, 1.807) is 12.1 Å². The molecule has 1 aromatic carbocycles. The van der Waals surface area contributed by atoms with Crippen LogP contribution in [0.4, 0.5) is 0 Å². The number of rotatable bonds is 7. The van der Waals surface area contributed by atoms with Gasteiger partial charge in [-0.2, -0.15) is 0 Å². The van der Waals surface area contributed by atoms with E-state index in [9.17, 15) is 19.2 Å². The van der Waals surface area contributed by atoms with Crippen molar-refractivity contribution in [2.45, 2.75) is 39.3 Å². The van der Waals surface area contributed by atoms with Gasteiger partial charge in [0.15, 0.2) is 6.61 Å². The normalized spacial score (nSPS) is 13.4. The highest BCUT2D eigenvalue weighted by atomic mass is 16.5. The molecule has 0 fully saturated rings. The van der Waals surface area contributed by atoms with Crippen molar-refractivity contribution >= 4 is 23.7 Å². The predicted octanol–water partition coefficient (Wildman–Crippen LogP) is 2.54. The van der Waals surface area contributed by atoms with Crippen LogP contribution in [0.5, 0.6) is 0 Å². The molecule has 0 aliphatic carbocycles. The molecule has 8 nitrogen and oxygen atoms in total. The molecule has 2 aromatic rings. The Labute approximate surface area is 167 Å². The van der Waals surface area contributed by atoms with Gasteiger partial charge in [-0.05, 0) is 50.6 Å². The molecule has 1 aromatic heterocycles. The maximum absolute atomic E-state index is 12.6. The van der Waals surface area contributed by atoms with Crippen LogP contribution in [0.3, 0.4) is 0 Å². The van der Waals surface area contributed by atoms with Crippen molar-refractivity contribution in [1.82, 2.24) is 10.2 Å². The number of ether oxygens (including phenoxy) is 1. The first-order chi connectivity index (χ1) is 13.7. The van der Waals surface area contributed by atoms with Gasteiger partial charge in [0.1, 0.15) is 5.76 Å². The number of esters is 1. The second-order valence-electron chi connectivity index (χ2n) is 7.40. The van der Waals surface area contributed by atoms with Crippen molar-refractivity contribution in [3.63, 3.8) is 0 Å². The number of hydrogen-bond acceptors (Lipinski definition) is 6. The zero-order chi connectivity index (χ0) is 21.2. The van der Waals surface area contributed by atoms with Crippen LogP contribution in [0.15, 0.2) is 41.0 Å². The summed E-state index contributed by atoms with van der Waals surface area (Å²) in [6.45, 7) is 5.24. The number of hydrogen-bond donors (Lipinski definition) is 1. The number of amides is 3. The molecule has 3 rings (SSSR count). The van der Waals surface area contributed by atoms with Crippen LogP contribution in [-0.4, -0.2) is 40.7 Å². The molecule has 0 bridgehead atoms. The smallest absolute Gasteiger partial charge is 0.338 e. The second-order valence-corrected chi connectivity index (χ2v) is 7.40. The fourth-order valence-corrected chi connectivity index (χ4v) is 2.84. The summed E-state index contributed by atoms with van der Waals surface area (Å²) >= 11 is 0. The van der Waals surface area contributed by atoms with Crippen LogP contribution < -0.4 is 5.32 Å². The predicted molar refractivity (Wildman–Crippen MR) is 102 cm³/mol. The van der Waals surface area contributed by atoms with E-state index in [-0.39, 0.29) is 23.2 Å². The minimum absolute atomic E-state index is 0.00646. The molecule has 1 aliphatic heterocycles. The van der Waals surface area contributed by atoms with Crippen molar-refractivity contribution in [2.24, 2.45) is 0 Å². The van der Waals surface area contributed by atoms with E-state index in [0.717, 1.165) is 11.3 Å². The summed E-state index contributed by atoms with van der Waals surface area (Å²) in [4.78, 5) is 50.4. The lowest BCUT2D eigenvalue weighted by Gasteiger charge is -2.24. The summed E-state index contributed by atoms with van der Waals surface area (Å²) < 4.78 is 10.2. The van der Waals surface area contributed by atoms with E-state index in [0.29, 0.717) is 5.76 Å². The topological polar surface area (TPSA) is 106 Å². The SMILES string of the molecule is CCC(C)(C)NC(=O)COC(=O)c1ccc2c(c1)C(=O)N(Cc1ccco1)C2=O. The molecule has 1 aliphatic rings. The van der Waals surface area contributed by atoms with Gasteiger partial charge in [0.2, 0.25) is 0 Å². The molecule has 1 N–H and O–H groups in total. The molecule has 8 heteroatoms. The highest BCUT2D eigenvalue weighted by Gasteiger charge is 2.36. The quantitative estimate of drug-likeness (QED) is 0.567. The van der Waals surface area contributed by atoms with E-state index >= 15 is 0 Å². The number of carbonyl (C=O) groups is 4. The first-order valence-corrected chi connectivity index (χ1v) is 9.22. The fraction of sp³-hybridized carbons (Fsp3) is 0.333. The van der Waals surface area contributed by atoms with Crippen molar-refractivity contribution < 1.29 is 28.3 Å². The van der Waals surface area contributed by atoms with E-state index < -0.39 is 35.8 Å². The summed E-state index contributed by atoms with van der Waals surface area (Å²) in [6, 6.07) is 7.45. The standard InChI is InChI=1S/C21H22N2O6/c1-4-21(2,3)22-17(24)12-29-20(27)13-7-8-15-16(10-13)19(26)23(18(15)25)11-14-6-5-9-28-14/h5-10H,4,11-12H2,1-3H3,(H,22,24). The summed E-state index contributed by atoms with van der Waals surface area (Å²) in [7, 11) is 0. The van der Waals surface area contributed by atoms with E-state index in [1.807, 2.05) is 20.8 Å². The van der Waals surface area contributed by atoms with Crippen molar-refractivity contribution in [3.8, 4) is 0 Å². The van der Waals surface area contributed by atoms with Gasteiger partial charge in [-0.15, -0.1) is 0 Å². The van der Waals surface area contributed by atoms with Gasteiger partial charge in [-0.3, -0.25) is 19.3 Å². The Morgan fingerprint density at radius 2 is 1.86 bits per heavy atom. The molecule has 0 spiro atoms. The average molecular weight is 398 g/mol. The molecule has 29 heavy (non-hydrogen) atoms. The minimum atomic E-state index is -0.748. The highest BCUT2D eigenvalue weighted by molar-refractivity contribution is 6.21. The molecule has 0 saturated carbocycles. The number of fused-ring (bicyclic) bond motifs is 1. The molecule has 0 saturated heterocycles. The molecule has 0 radical (unpaired) electrons. The zero-order valence-electron chi connectivity index (χ0n) is 16.5. The Morgan fingerprint density at radius 1 is 1.14 bits per heavy atom. The summed E-state index contributed by atoms with van der Waals surface area (Å²) in [5.74, 6) is -1.66. The van der Waals surface area contributed by atoms with E-state index in [4.69, 9.17) is 9.15 Å². The third-order valence-electron chi connectivity index (χ3n) is 4.80. The van der Waals surface area contributed by atoms with Gasteiger partial charge in [0.25, 0.3) is 17.7 Å². The molecule has 3 amide bonds. The summed E-state index contributed by atoms with van der Waals surface area (Å²) in [6.07, 6.45) is 2.18. The first kappa shape index (κ1) is 20.3. The van der Waals surface area contributed by atoms with E-state index in [2.05, 4.69) is 5.32 Å². The largest absolute Gasteiger partial charge is 0.467 e. The van der Waals surface area contributed by atoms with Crippen LogP contribution >= 0.6 is 0 Å². The van der Waals surface area contributed by atoms with Crippen LogP contribution in [0, 0.1) is 0 Å². The Kier molecular flexibility index (Phi) is 5.54. The maximum Gasteiger partial charge on any atom is 0.338 e. The van der Waals surface area contributed by atoms with Gasteiger partial charge in [0.05, 0.1) is 29.5 Å². The number of benzene rings is 1. The summed E-state index contributed by atoms with van der Waals surface area (Å²) in [5.41, 5.74) is 0.0156. The Hall–Kier alpha value is -3.42. The van der Waals surface area contributed by atoms with Crippen LogP contribution in [0.25, 0.3) is 0 Å². The number of carbonyl (C=O) groups excluding carboxylic acids is 4. The van der Waals surface area contributed by atoms with Crippen molar-refractivity contribution in [3.05, 3.63) is 59.0 Å². The molecular formula is C21H22N2O6. The molecule has 152 valence electrons. The monoisotopic (exact) mass is 398 g/mol. The third-order valence-corrected chi connectivity index (χ3v) is 4.80. The average Bonchev–Trinajstić information content (AvgIpc) is 3.28. The zero-order valence-corrected chi connectivity index (χ0v) is 16.5. The van der Waals surface area contributed by atoms with Crippen LogP contribution in [-0.2, 0) is 16.1 Å². The fourth-order valence-electron chi connectivity index (χ4n) is 2.84. The van der Waals surface area contributed by atoms with Crippen LogP contribution in [0.2, 0.25) is 0 Å². The van der Waals surface area contributed by atoms with Crippen molar-refractivity contribution in [1.29, 1.82) is 0 Å². The number of furan rings is 1. The van der Waals surface area contributed by atoms with Gasteiger partial charge in [0, 0.05) is 5.54 Å². The maximum atomic E-state index is 12.6. The van der Waals surface area contributed by atoms with Gasteiger partial charge in [-0.1, -0.05) is 6.92 Å². The lowest BCUT2D eigenvalue weighted by atomic mass is 10.0. The van der Waals surface area contributed by atoms with E-state index in [1.165, 1.54) is 24.5 Å². The van der Waals surface area contributed by atoms with Gasteiger partial charge < -0.3 is 14.5 Å². The molecule has 2 heterocycles. The summed E-state index contributed by atoms with van der Waals surface area (Å²) in [5, 5.41) is 2.76. The Morgan fingerprint density at radius 3 is 2.52 bits per heavy atom. The minimum Gasteiger partial charge on any atom is -0.467 e. The Balaban J connectivity index is 1.68. The third kappa shape index (κ3) is 4.37. The molecule has 0 unspecified atom stereocenters. The van der Waals surface area contributed by atoms with Gasteiger partial charge >= 0.3 is 5.97 Å². The molecule has 0 atom stereocenters. The Bertz CT molecular complexity index is 962. The van der Waals surface area contributed by atoms with Crippen molar-refractivity contribution in [2.75, 3.05) is 6.61 Å². The number of imide groups is 1. The highest BCUT2D eigenvalue weighted by Crippen LogP contribution is 2.26. The first-order valence-electron chi connectivity index (χ1n) is 9.22. The molecular weight excluding hydrogens is 376 g/mol. The van der Waals surface area contributed by atoms with Crippen LogP contribution in [0.1, 0.15) is 64.0 Å². The number of nitrogens with zero attached hydrogens (tertiary/aromatic N) is 1. The lowest BCUT2D eigenvalue weighted by Crippen LogP contribution is -2.44. The van der Waals surface area contributed by atoms with Gasteiger partial charge in [-0.25, -0.2) is 4.79 Å². The number of nitrogens with one attached hydrogen (secondary N) is 1. The lowest BCUT2D eigenvalue weighted by molar-refractivity contribution is -0.125. The second kappa shape index (κ2) is 7.90.